The molecule has 1 heterocycles. The van der Waals surface area contributed by atoms with Crippen molar-refractivity contribution in [3.05, 3.63) is 104 Å². The molecule has 0 saturated carbocycles. The predicted molar refractivity (Wildman–Crippen MR) is 120 cm³/mol. The van der Waals surface area contributed by atoms with Crippen LogP contribution < -0.4 is 0 Å². The largest absolute Gasteiger partial charge is 0.292 e. The molecule has 0 fully saturated rings. The number of imide groups is 1. The lowest BCUT2D eigenvalue weighted by Gasteiger charge is -2.29. The minimum atomic E-state index is -0.764. The number of hydrogen-bond donors (Lipinski definition) is 0. The minimum Gasteiger partial charge on any atom is -0.292 e. The molecule has 0 aliphatic carbocycles. The summed E-state index contributed by atoms with van der Waals surface area (Å²) in [5, 5.41) is 2.28. The lowest BCUT2D eigenvalue weighted by molar-refractivity contribution is 0.00531. The first-order valence-corrected chi connectivity index (χ1v) is 10.4. The van der Waals surface area contributed by atoms with E-state index >= 15 is 0 Å². The summed E-state index contributed by atoms with van der Waals surface area (Å²) in [4.78, 5) is 52.3. The molecular weight excluding hydrogens is 475 g/mol. The van der Waals surface area contributed by atoms with Gasteiger partial charge in [-0.25, -0.2) is 5.01 Å². The molecule has 0 bridgehead atoms. The molecule has 0 atom stereocenters. The SMILES string of the molecule is O=C(CN(C(=O)c1ccc(Cl)c(Cl)c1)N1C(=O)c2ccccc2C1=O)c1ccc(Cl)cc1. The summed E-state index contributed by atoms with van der Waals surface area (Å²) in [7, 11) is 0. The van der Waals surface area contributed by atoms with Gasteiger partial charge in [0.05, 0.1) is 21.2 Å². The maximum absolute atomic E-state index is 13.4. The second-order valence-electron chi connectivity index (χ2n) is 6.89. The highest BCUT2D eigenvalue weighted by Gasteiger charge is 2.42. The highest BCUT2D eigenvalue weighted by molar-refractivity contribution is 6.42. The van der Waals surface area contributed by atoms with Gasteiger partial charge in [-0.2, -0.15) is 5.01 Å². The number of nitrogens with zero attached hydrogens (tertiary/aromatic N) is 2. The number of hydrazine groups is 1. The predicted octanol–water partition coefficient (Wildman–Crippen LogP) is 5.18. The third-order valence-corrected chi connectivity index (χ3v) is 5.87. The fourth-order valence-electron chi connectivity index (χ4n) is 3.27. The first kappa shape index (κ1) is 22.0. The van der Waals surface area contributed by atoms with Gasteiger partial charge in [0.15, 0.2) is 5.78 Å². The van der Waals surface area contributed by atoms with Crippen molar-refractivity contribution < 1.29 is 19.2 Å². The summed E-state index contributed by atoms with van der Waals surface area (Å²) in [6.45, 7) is -0.563. The van der Waals surface area contributed by atoms with E-state index in [-0.39, 0.29) is 32.3 Å². The number of halogens is 3. The molecule has 0 aromatic heterocycles. The van der Waals surface area contributed by atoms with E-state index in [1.807, 2.05) is 0 Å². The molecule has 0 unspecified atom stereocenters. The lowest BCUT2D eigenvalue weighted by atomic mass is 10.1. The van der Waals surface area contributed by atoms with Crippen LogP contribution in [0.3, 0.4) is 0 Å². The van der Waals surface area contributed by atoms with Crippen LogP contribution in [0.25, 0.3) is 0 Å². The van der Waals surface area contributed by atoms with Crippen LogP contribution in [-0.2, 0) is 0 Å². The van der Waals surface area contributed by atoms with Crippen molar-refractivity contribution in [2.24, 2.45) is 0 Å². The molecule has 6 nitrogen and oxygen atoms in total. The molecule has 0 saturated heterocycles. The number of hydrogen-bond acceptors (Lipinski definition) is 4. The maximum atomic E-state index is 13.4. The summed E-state index contributed by atoms with van der Waals surface area (Å²) in [6, 6.07) is 16.4. The van der Waals surface area contributed by atoms with Crippen molar-refractivity contribution in [3.63, 3.8) is 0 Å². The van der Waals surface area contributed by atoms with Crippen LogP contribution in [0, 0.1) is 0 Å². The Balaban J connectivity index is 1.74. The standard InChI is InChI=1S/C23H13Cl3N2O4/c24-15-8-5-13(6-9-15)20(29)12-27(21(30)14-7-10-18(25)19(26)11-14)28-22(31)16-3-1-2-4-17(16)23(28)32/h1-11H,12H2. The van der Waals surface area contributed by atoms with E-state index in [0.29, 0.717) is 10.0 Å². The Bertz CT molecular complexity index is 1240. The fourth-order valence-corrected chi connectivity index (χ4v) is 3.69. The Morgan fingerprint density at radius 2 is 1.31 bits per heavy atom. The van der Waals surface area contributed by atoms with Crippen molar-refractivity contribution in [3.8, 4) is 0 Å². The number of Topliss-reactive ketones (excluding diaryl/α,β-unsaturated/α-hetero) is 1. The Kier molecular flexibility index (Phi) is 6.02. The topological polar surface area (TPSA) is 74.8 Å². The van der Waals surface area contributed by atoms with Crippen LogP contribution in [0.15, 0.2) is 66.7 Å². The molecule has 4 rings (SSSR count). The first-order chi connectivity index (χ1) is 15.3. The molecule has 0 spiro atoms. The summed E-state index contributed by atoms with van der Waals surface area (Å²) in [6.07, 6.45) is 0. The van der Waals surface area contributed by atoms with E-state index in [2.05, 4.69) is 0 Å². The number of carbonyl (C=O) groups is 4. The van der Waals surface area contributed by atoms with Crippen LogP contribution >= 0.6 is 34.8 Å². The van der Waals surface area contributed by atoms with Crippen LogP contribution in [0.4, 0.5) is 0 Å². The van der Waals surface area contributed by atoms with Crippen molar-refractivity contribution >= 4 is 58.3 Å². The van der Waals surface area contributed by atoms with Crippen LogP contribution in [0.2, 0.25) is 15.1 Å². The number of fused-ring (bicyclic) bond motifs is 1. The number of amides is 3. The smallest absolute Gasteiger partial charge is 0.280 e. The second kappa shape index (κ2) is 8.74. The zero-order chi connectivity index (χ0) is 23.0. The molecule has 1 aliphatic rings. The van der Waals surface area contributed by atoms with Crippen molar-refractivity contribution in [1.82, 2.24) is 10.0 Å². The highest BCUT2D eigenvalue weighted by atomic mass is 35.5. The normalized spacial score (nSPS) is 12.7. The first-order valence-electron chi connectivity index (χ1n) is 9.31. The summed E-state index contributed by atoms with van der Waals surface area (Å²) in [5.74, 6) is -2.67. The Labute approximate surface area is 197 Å². The second-order valence-corrected chi connectivity index (χ2v) is 8.14. The summed E-state index contributed by atoms with van der Waals surface area (Å²) in [5.41, 5.74) is 0.601. The Hall–Kier alpha value is -3.19. The quantitative estimate of drug-likeness (QED) is 0.367. The van der Waals surface area contributed by atoms with E-state index in [1.54, 1.807) is 12.1 Å². The van der Waals surface area contributed by atoms with Gasteiger partial charge >= 0.3 is 0 Å². The van der Waals surface area contributed by atoms with Gasteiger partial charge in [-0.3, -0.25) is 19.2 Å². The third kappa shape index (κ3) is 4.00. The molecular formula is C23H13Cl3N2O4. The van der Waals surface area contributed by atoms with Gasteiger partial charge in [-0.15, -0.1) is 0 Å². The highest BCUT2D eigenvalue weighted by Crippen LogP contribution is 2.28. The van der Waals surface area contributed by atoms with Gasteiger partial charge in [-0.1, -0.05) is 46.9 Å². The maximum Gasteiger partial charge on any atom is 0.280 e. The average Bonchev–Trinajstić information content (AvgIpc) is 3.04. The van der Waals surface area contributed by atoms with Crippen molar-refractivity contribution in [2.75, 3.05) is 6.54 Å². The van der Waals surface area contributed by atoms with Gasteiger partial charge in [-0.05, 0) is 54.6 Å². The van der Waals surface area contributed by atoms with Gasteiger partial charge in [0.1, 0.15) is 6.54 Å². The molecule has 9 heteroatoms. The Morgan fingerprint density at radius 1 is 0.750 bits per heavy atom. The van der Waals surface area contributed by atoms with Gasteiger partial charge in [0.2, 0.25) is 0 Å². The van der Waals surface area contributed by atoms with E-state index in [0.717, 1.165) is 5.01 Å². The molecule has 3 aromatic rings. The number of benzene rings is 3. The minimum absolute atomic E-state index is 0.0554. The summed E-state index contributed by atoms with van der Waals surface area (Å²) < 4.78 is 0. The molecule has 0 radical (unpaired) electrons. The van der Waals surface area contributed by atoms with E-state index in [1.165, 1.54) is 54.6 Å². The fraction of sp³-hybridized carbons (Fsp3) is 0.0435. The lowest BCUT2D eigenvalue weighted by Crippen LogP contribution is -2.51. The summed E-state index contributed by atoms with van der Waals surface area (Å²) >= 11 is 17.9. The van der Waals surface area contributed by atoms with Crippen LogP contribution in [0.5, 0.6) is 0 Å². The Morgan fingerprint density at radius 3 is 1.88 bits per heavy atom. The zero-order valence-electron chi connectivity index (χ0n) is 16.2. The molecule has 160 valence electrons. The monoisotopic (exact) mass is 486 g/mol. The third-order valence-electron chi connectivity index (χ3n) is 4.87. The molecule has 3 aromatic carbocycles. The van der Waals surface area contributed by atoms with E-state index in [9.17, 15) is 19.2 Å². The number of rotatable bonds is 5. The van der Waals surface area contributed by atoms with Crippen LogP contribution in [0.1, 0.15) is 41.4 Å². The molecule has 32 heavy (non-hydrogen) atoms. The van der Waals surface area contributed by atoms with E-state index < -0.39 is 30.0 Å². The van der Waals surface area contributed by atoms with Crippen molar-refractivity contribution in [2.45, 2.75) is 0 Å². The molecule has 3 amide bonds. The average molecular weight is 488 g/mol. The number of ketones is 1. The molecule has 1 aliphatic heterocycles. The number of carbonyl (C=O) groups excluding carboxylic acids is 4. The van der Waals surface area contributed by atoms with Crippen molar-refractivity contribution in [1.29, 1.82) is 0 Å². The zero-order valence-corrected chi connectivity index (χ0v) is 18.5. The van der Waals surface area contributed by atoms with Crippen LogP contribution in [-0.4, -0.2) is 40.1 Å². The van der Waals surface area contributed by atoms with E-state index in [4.69, 9.17) is 34.8 Å². The van der Waals surface area contributed by atoms with Gasteiger partial charge in [0, 0.05) is 16.1 Å². The van der Waals surface area contributed by atoms with Gasteiger partial charge in [0.25, 0.3) is 17.7 Å². The van der Waals surface area contributed by atoms with Gasteiger partial charge < -0.3 is 0 Å². The molecule has 0 N–H and O–H groups in total.